The maximum atomic E-state index is 13.5. The molecule has 2 amide bonds. The van der Waals surface area contributed by atoms with Crippen LogP contribution in [0.2, 0.25) is 0 Å². The lowest BCUT2D eigenvalue weighted by molar-refractivity contribution is -0.182. The standard InChI is InChI=1S/C19H24F3N3O4/c1-2-29-10-9-25-11-14(15(12-25)19(20,21)22)18(27)23-16-6-4-3-5-13(16)7-8-17(26)24-28/h3-8,14-15,28H,2,9-12H2,1H3,(H,23,27)(H,24,26)/b8-7+/t14-,15-/m1/s1. The number of likely N-dealkylation sites (tertiary alicyclic amines) is 1. The van der Waals surface area contributed by atoms with E-state index in [1.54, 1.807) is 30.0 Å². The summed E-state index contributed by atoms with van der Waals surface area (Å²) in [5.74, 6) is -4.54. The molecule has 10 heteroatoms. The normalized spacial score (nSPS) is 20.2. The van der Waals surface area contributed by atoms with Crippen molar-refractivity contribution in [3.05, 3.63) is 35.9 Å². The zero-order valence-electron chi connectivity index (χ0n) is 15.9. The molecule has 1 aliphatic heterocycles. The molecule has 7 nitrogen and oxygen atoms in total. The minimum absolute atomic E-state index is 0.0198. The molecular weight excluding hydrogens is 391 g/mol. The minimum Gasteiger partial charge on any atom is -0.380 e. The first kappa shape index (κ1) is 22.9. The summed E-state index contributed by atoms with van der Waals surface area (Å²) < 4.78 is 45.6. The molecule has 0 aliphatic carbocycles. The van der Waals surface area contributed by atoms with Crippen molar-refractivity contribution in [2.75, 3.05) is 38.2 Å². The first-order valence-corrected chi connectivity index (χ1v) is 9.15. The van der Waals surface area contributed by atoms with Crippen molar-refractivity contribution in [3.63, 3.8) is 0 Å². The van der Waals surface area contributed by atoms with Crippen LogP contribution in [0, 0.1) is 11.8 Å². The summed E-state index contributed by atoms with van der Waals surface area (Å²) in [5, 5.41) is 11.1. The first-order chi connectivity index (χ1) is 13.8. The Morgan fingerprint density at radius 2 is 2.03 bits per heavy atom. The molecule has 0 bridgehead atoms. The van der Waals surface area contributed by atoms with Crippen molar-refractivity contribution in [3.8, 4) is 0 Å². The van der Waals surface area contributed by atoms with Gasteiger partial charge in [-0.25, -0.2) is 5.48 Å². The highest BCUT2D eigenvalue weighted by Gasteiger charge is 2.52. The van der Waals surface area contributed by atoms with E-state index in [1.807, 2.05) is 0 Å². The Balaban J connectivity index is 2.14. The average molecular weight is 415 g/mol. The summed E-state index contributed by atoms with van der Waals surface area (Å²) in [5.41, 5.74) is 2.12. The van der Waals surface area contributed by atoms with Gasteiger partial charge < -0.3 is 10.1 Å². The molecular formula is C19H24F3N3O4. The van der Waals surface area contributed by atoms with Crippen LogP contribution in [0.3, 0.4) is 0 Å². The lowest BCUT2D eigenvalue weighted by Crippen LogP contribution is -2.36. The Morgan fingerprint density at radius 1 is 1.31 bits per heavy atom. The fourth-order valence-electron chi connectivity index (χ4n) is 3.19. The summed E-state index contributed by atoms with van der Waals surface area (Å²) in [6.07, 6.45) is -2.12. The number of hydroxylamine groups is 1. The number of para-hydroxylation sites is 1. The van der Waals surface area contributed by atoms with Crippen molar-refractivity contribution < 1.29 is 32.7 Å². The van der Waals surface area contributed by atoms with Crippen LogP contribution in [0.5, 0.6) is 0 Å². The second-order valence-corrected chi connectivity index (χ2v) is 6.60. The SMILES string of the molecule is CCOCCN1C[C@@H](C(F)(F)F)[C@H](C(=O)Nc2ccccc2/C=C/C(=O)NO)C1. The summed E-state index contributed by atoms with van der Waals surface area (Å²) in [6, 6.07) is 6.37. The van der Waals surface area contributed by atoms with Gasteiger partial charge in [0, 0.05) is 38.0 Å². The molecule has 1 aliphatic rings. The van der Waals surface area contributed by atoms with Crippen LogP contribution in [0.4, 0.5) is 18.9 Å². The van der Waals surface area contributed by atoms with Crippen molar-refractivity contribution in [1.82, 2.24) is 10.4 Å². The second kappa shape index (κ2) is 10.4. The maximum absolute atomic E-state index is 13.5. The predicted octanol–water partition coefficient (Wildman–Crippen LogP) is 2.29. The van der Waals surface area contributed by atoms with Gasteiger partial charge in [-0.1, -0.05) is 18.2 Å². The largest absolute Gasteiger partial charge is 0.393 e. The van der Waals surface area contributed by atoms with Crippen LogP contribution in [0.25, 0.3) is 6.08 Å². The fraction of sp³-hybridized carbons (Fsp3) is 0.474. The molecule has 1 aromatic rings. The van der Waals surface area contributed by atoms with Gasteiger partial charge in [0.05, 0.1) is 18.4 Å². The molecule has 0 aromatic heterocycles. The molecule has 1 heterocycles. The zero-order chi connectivity index (χ0) is 21.4. The highest BCUT2D eigenvalue weighted by molar-refractivity contribution is 5.97. The van der Waals surface area contributed by atoms with E-state index >= 15 is 0 Å². The lowest BCUT2D eigenvalue weighted by Gasteiger charge is -2.21. The maximum Gasteiger partial charge on any atom is 0.393 e. The fourth-order valence-corrected chi connectivity index (χ4v) is 3.19. The van der Waals surface area contributed by atoms with Crippen LogP contribution in [-0.2, 0) is 14.3 Å². The number of alkyl halides is 3. The van der Waals surface area contributed by atoms with Gasteiger partial charge in [0.15, 0.2) is 0 Å². The van der Waals surface area contributed by atoms with E-state index < -0.39 is 29.8 Å². The van der Waals surface area contributed by atoms with Gasteiger partial charge in [-0.05, 0) is 24.6 Å². The van der Waals surface area contributed by atoms with Gasteiger partial charge in [-0.2, -0.15) is 13.2 Å². The molecule has 2 rings (SSSR count). The Bertz CT molecular complexity index is 740. The second-order valence-electron chi connectivity index (χ2n) is 6.60. The molecule has 0 radical (unpaired) electrons. The molecule has 160 valence electrons. The van der Waals surface area contributed by atoms with E-state index in [0.29, 0.717) is 25.3 Å². The minimum atomic E-state index is -4.50. The van der Waals surface area contributed by atoms with Gasteiger partial charge in [0.2, 0.25) is 5.91 Å². The Kier molecular flexibility index (Phi) is 8.18. The number of nitrogens with one attached hydrogen (secondary N) is 2. The van der Waals surface area contributed by atoms with Crippen molar-refractivity contribution in [2.24, 2.45) is 11.8 Å². The van der Waals surface area contributed by atoms with Crippen LogP contribution in [0.15, 0.2) is 30.3 Å². The smallest absolute Gasteiger partial charge is 0.380 e. The number of amides is 2. The highest BCUT2D eigenvalue weighted by Crippen LogP contribution is 2.38. The topological polar surface area (TPSA) is 90.9 Å². The van der Waals surface area contributed by atoms with Crippen LogP contribution >= 0.6 is 0 Å². The Morgan fingerprint density at radius 3 is 2.69 bits per heavy atom. The van der Waals surface area contributed by atoms with Gasteiger partial charge in [0.1, 0.15) is 0 Å². The van der Waals surface area contributed by atoms with Crippen molar-refractivity contribution in [2.45, 2.75) is 13.1 Å². The number of benzene rings is 1. The summed E-state index contributed by atoms with van der Waals surface area (Å²) in [4.78, 5) is 25.4. The van der Waals surface area contributed by atoms with Crippen molar-refractivity contribution >= 4 is 23.6 Å². The third kappa shape index (κ3) is 6.55. The van der Waals surface area contributed by atoms with E-state index in [2.05, 4.69) is 5.32 Å². The number of nitrogens with zero attached hydrogens (tertiary/aromatic N) is 1. The third-order valence-corrected chi connectivity index (χ3v) is 4.65. The predicted molar refractivity (Wildman–Crippen MR) is 100 cm³/mol. The van der Waals surface area contributed by atoms with Crippen LogP contribution < -0.4 is 10.8 Å². The number of hydrogen-bond acceptors (Lipinski definition) is 5. The molecule has 3 N–H and O–H groups in total. The number of ether oxygens (including phenoxy) is 1. The summed E-state index contributed by atoms with van der Waals surface area (Å²) in [7, 11) is 0. The van der Waals surface area contributed by atoms with Crippen LogP contribution in [-0.4, -0.2) is 60.9 Å². The van der Waals surface area contributed by atoms with E-state index in [1.165, 1.54) is 17.6 Å². The van der Waals surface area contributed by atoms with Gasteiger partial charge in [-0.3, -0.25) is 19.7 Å². The van der Waals surface area contributed by atoms with E-state index in [9.17, 15) is 22.8 Å². The van der Waals surface area contributed by atoms with Crippen molar-refractivity contribution in [1.29, 1.82) is 0 Å². The first-order valence-electron chi connectivity index (χ1n) is 9.15. The molecule has 2 atom stereocenters. The summed E-state index contributed by atoms with van der Waals surface area (Å²) in [6.45, 7) is 2.62. The highest BCUT2D eigenvalue weighted by atomic mass is 19.4. The number of carbonyl (C=O) groups excluding carboxylic acids is 2. The van der Waals surface area contributed by atoms with E-state index in [-0.39, 0.29) is 18.8 Å². The van der Waals surface area contributed by atoms with Gasteiger partial charge in [-0.15, -0.1) is 0 Å². The van der Waals surface area contributed by atoms with Gasteiger partial charge in [0.25, 0.3) is 5.91 Å². The number of halogens is 3. The molecule has 0 spiro atoms. The molecule has 29 heavy (non-hydrogen) atoms. The molecule has 1 aromatic carbocycles. The quantitative estimate of drug-likeness (QED) is 0.262. The van der Waals surface area contributed by atoms with E-state index in [0.717, 1.165) is 6.08 Å². The van der Waals surface area contributed by atoms with E-state index in [4.69, 9.17) is 9.94 Å². The molecule has 0 saturated carbocycles. The van der Waals surface area contributed by atoms with Crippen LogP contribution in [0.1, 0.15) is 12.5 Å². The number of hydrogen-bond donors (Lipinski definition) is 3. The number of carbonyl (C=O) groups is 2. The third-order valence-electron chi connectivity index (χ3n) is 4.65. The summed E-state index contributed by atoms with van der Waals surface area (Å²) >= 11 is 0. The Labute approximate surface area is 166 Å². The Hall–Kier alpha value is -2.43. The number of rotatable bonds is 8. The van der Waals surface area contributed by atoms with Gasteiger partial charge >= 0.3 is 6.18 Å². The lowest BCUT2D eigenvalue weighted by atomic mass is 9.94. The monoisotopic (exact) mass is 415 g/mol. The average Bonchev–Trinajstić information content (AvgIpc) is 3.12. The molecule has 1 fully saturated rings. The molecule has 1 saturated heterocycles. The number of anilines is 1. The molecule has 0 unspecified atom stereocenters. The zero-order valence-corrected chi connectivity index (χ0v) is 15.9.